The summed E-state index contributed by atoms with van der Waals surface area (Å²) >= 11 is 0. The molecule has 6 heteroatoms. The number of likely N-dealkylation sites (tertiary alicyclic amines) is 1. The fourth-order valence-corrected chi connectivity index (χ4v) is 3.45. The molecule has 0 aromatic carbocycles. The lowest BCUT2D eigenvalue weighted by atomic mass is 10.1. The molecule has 2 fully saturated rings. The molecule has 0 aliphatic carbocycles. The highest BCUT2D eigenvalue weighted by Crippen LogP contribution is 2.21. The lowest BCUT2D eigenvalue weighted by Gasteiger charge is -2.48. The van der Waals surface area contributed by atoms with Crippen LogP contribution in [-0.4, -0.2) is 65.1 Å². The van der Waals surface area contributed by atoms with Crippen LogP contribution in [0, 0.1) is 6.92 Å². The van der Waals surface area contributed by atoms with Gasteiger partial charge in [0.2, 0.25) is 0 Å². The third-order valence-electron chi connectivity index (χ3n) is 4.96. The van der Waals surface area contributed by atoms with Gasteiger partial charge < -0.3 is 9.32 Å². The lowest BCUT2D eigenvalue weighted by molar-refractivity contribution is 0.0246. The predicted octanol–water partition coefficient (Wildman–Crippen LogP) is 1.38. The van der Waals surface area contributed by atoms with Crippen molar-refractivity contribution in [1.82, 2.24) is 19.8 Å². The zero-order chi connectivity index (χ0) is 15.6. The fraction of sp³-hybridized carbons (Fsp3) is 0.529. The highest BCUT2D eigenvalue weighted by molar-refractivity contribution is 5.38. The Morgan fingerprint density at radius 2 is 1.96 bits per heavy atom. The van der Waals surface area contributed by atoms with E-state index in [0.717, 1.165) is 63.1 Å². The fourth-order valence-electron chi connectivity index (χ4n) is 3.45. The van der Waals surface area contributed by atoms with Crippen molar-refractivity contribution in [1.29, 1.82) is 0 Å². The molecule has 2 aromatic heterocycles. The Morgan fingerprint density at radius 3 is 2.61 bits per heavy atom. The molecule has 2 aliphatic heterocycles. The van der Waals surface area contributed by atoms with Gasteiger partial charge >= 0.3 is 0 Å². The lowest BCUT2D eigenvalue weighted by Crippen LogP contribution is -2.62. The summed E-state index contributed by atoms with van der Waals surface area (Å²) in [5.41, 5.74) is 1.07. The molecule has 122 valence electrons. The first kappa shape index (κ1) is 14.7. The summed E-state index contributed by atoms with van der Waals surface area (Å²) in [7, 11) is 0. The Kier molecular flexibility index (Phi) is 4.01. The van der Waals surface area contributed by atoms with E-state index in [4.69, 9.17) is 4.42 Å². The summed E-state index contributed by atoms with van der Waals surface area (Å²) in [6.45, 7) is 9.54. The normalized spacial score (nSPS) is 20.7. The van der Waals surface area contributed by atoms with Crippen molar-refractivity contribution >= 4 is 5.82 Å². The number of rotatable bonds is 4. The molecule has 6 nitrogen and oxygen atoms in total. The zero-order valence-electron chi connectivity index (χ0n) is 13.6. The van der Waals surface area contributed by atoms with Gasteiger partial charge in [-0.05, 0) is 19.1 Å². The molecule has 23 heavy (non-hydrogen) atoms. The second kappa shape index (κ2) is 6.29. The molecule has 0 spiro atoms. The maximum Gasteiger partial charge on any atom is 0.181 e. The third kappa shape index (κ3) is 3.09. The SMILES string of the molecule is Cc1ocnc1CN1CC(N2CCN(c3ccccn3)CC2)C1. The van der Waals surface area contributed by atoms with E-state index in [0.29, 0.717) is 6.04 Å². The average Bonchev–Trinajstić information content (AvgIpc) is 2.97. The molecule has 4 rings (SSSR count). The van der Waals surface area contributed by atoms with Crippen LogP contribution in [0.2, 0.25) is 0 Å². The van der Waals surface area contributed by atoms with E-state index in [9.17, 15) is 0 Å². The zero-order valence-corrected chi connectivity index (χ0v) is 13.6. The largest absolute Gasteiger partial charge is 0.448 e. The Balaban J connectivity index is 1.24. The number of aromatic nitrogens is 2. The van der Waals surface area contributed by atoms with Crippen LogP contribution in [0.5, 0.6) is 0 Å². The number of aryl methyl sites for hydroxylation is 1. The van der Waals surface area contributed by atoms with Crippen LogP contribution >= 0.6 is 0 Å². The Bertz CT molecular complexity index is 629. The Morgan fingerprint density at radius 1 is 1.13 bits per heavy atom. The minimum Gasteiger partial charge on any atom is -0.448 e. The van der Waals surface area contributed by atoms with Crippen LogP contribution in [0.25, 0.3) is 0 Å². The molecule has 2 aliphatic rings. The van der Waals surface area contributed by atoms with Gasteiger partial charge in [0.25, 0.3) is 0 Å². The van der Waals surface area contributed by atoms with Gasteiger partial charge in [0.15, 0.2) is 6.39 Å². The van der Waals surface area contributed by atoms with Gasteiger partial charge in [-0.15, -0.1) is 0 Å². The summed E-state index contributed by atoms with van der Waals surface area (Å²) in [4.78, 5) is 16.2. The van der Waals surface area contributed by atoms with Crippen molar-refractivity contribution in [2.75, 3.05) is 44.2 Å². The van der Waals surface area contributed by atoms with Gasteiger partial charge in [-0.2, -0.15) is 0 Å². The molecule has 4 heterocycles. The van der Waals surface area contributed by atoms with Crippen LogP contribution in [0.4, 0.5) is 5.82 Å². The molecule has 2 aromatic rings. The molecule has 0 bridgehead atoms. The summed E-state index contributed by atoms with van der Waals surface area (Å²) in [6.07, 6.45) is 3.41. The molecule has 0 unspecified atom stereocenters. The first-order valence-electron chi connectivity index (χ1n) is 8.31. The van der Waals surface area contributed by atoms with Crippen molar-refractivity contribution < 1.29 is 4.42 Å². The van der Waals surface area contributed by atoms with Crippen LogP contribution in [-0.2, 0) is 6.54 Å². The topological polar surface area (TPSA) is 48.6 Å². The van der Waals surface area contributed by atoms with Crippen molar-refractivity contribution in [2.24, 2.45) is 0 Å². The summed E-state index contributed by atoms with van der Waals surface area (Å²) in [6, 6.07) is 6.82. The number of nitrogens with zero attached hydrogens (tertiary/aromatic N) is 5. The molecular formula is C17H23N5O. The van der Waals surface area contributed by atoms with Gasteiger partial charge in [-0.25, -0.2) is 9.97 Å². The first-order chi connectivity index (χ1) is 11.3. The number of pyridine rings is 1. The van der Waals surface area contributed by atoms with Crippen LogP contribution in [0.3, 0.4) is 0 Å². The molecule has 0 N–H and O–H groups in total. The van der Waals surface area contributed by atoms with Gasteiger partial charge in [0.05, 0.1) is 5.69 Å². The smallest absolute Gasteiger partial charge is 0.181 e. The minimum absolute atomic E-state index is 0.688. The van der Waals surface area contributed by atoms with Crippen LogP contribution in [0.1, 0.15) is 11.5 Å². The number of hydrogen-bond acceptors (Lipinski definition) is 6. The van der Waals surface area contributed by atoms with Crippen molar-refractivity contribution in [2.45, 2.75) is 19.5 Å². The van der Waals surface area contributed by atoms with Crippen LogP contribution in [0.15, 0.2) is 35.2 Å². The molecular weight excluding hydrogens is 290 g/mol. The average molecular weight is 313 g/mol. The van der Waals surface area contributed by atoms with E-state index in [1.54, 1.807) is 6.39 Å². The number of oxazole rings is 1. The van der Waals surface area contributed by atoms with E-state index in [1.165, 1.54) is 0 Å². The van der Waals surface area contributed by atoms with Gasteiger partial charge in [0, 0.05) is 58.1 Å². The van der Waals surface area contributed by atoms with Crippen molar-refractivity contribution in [3.8, 4) is 0 Å². The van der Waals surface area contributed by atoms with E-state index in [1.807, 2.05) is 19.2 Å². The summed E-state index contributed by atoms with van der Waals surface area (Å²) in [5, 5.41) is 0. The molecule has 0 saturated carbocycles. The highest BCUT2D eigenvalue weighted by atomic mass is 16.3. The number of piperazine rings is 1. The molecule has 0 atom stereocenters. The summed E-state index contributed by atoms with van der Waals surface area (Å²) in [5.74, 6) is 2.04. The Hall–Kier alpha value is -1.92. The maximum atomic E-state index is 5.27. The van der Waals surface area contributed by atoms with Gasteiger partial charge in [-0.3, -0.25) is 9.80 Å². The van der Waals surface area contributed by atoms with E-state index in [2.05, 4.69) is 36.8 Å². The standard InChI is InChI=1S/C17H23N5O/c1-14-16(19-13-23-14)12-20-10-15(11-20)21-6-8-22(9-7-21)17-4-2-3-5-18-17/h2-5,13,15H,6-12H2,1H3. The predicted molar refractivity (Wildman–Crippen MR) is 88.3 cm³/mol. The second-order valence-corrected chi connectivity index (χ2v) is 6.41. The second-order valence-electron chi connectivity index (χ2n) is 6.41. The molecule has 0 amide bonds. The number of hydrogen-bond donors (Lipinski definition) is 0. The molecule has 0 radical (unpaired) electrons. The monoisotopic (exact) mass is 313 g/mol. The minimum atomic E-state index is 0.688. The first-order valence-corrected chi connectivity index (χ1v) is 8.31. The Labute approximate surface area is 136 Å². The third-order valence-corrected chi connectivity index (χ3v) is 4.96. The van der Waals surface area contributed by atoms with E-state index < -0.39 is 0 Å². The summed E-state index contributed by atoms with van der Waals surface area (Å²) < 4.78 is 5.27. The van der Waals surface area contributed by atoms with Crippen molar-refractivity contribution in [3.63, 3.8) is 0 Å². The van der Waals surface area contributed by atoms with Gasteiger partial charge in [0.1, 0.15) is 11.6 Å². The van der Waals surface area contributed by atoms with Crippen LogP contribution < -0.4 is 4.90 Å². The molecule has 2 saturated heterocycles. The maximum absolute atomic E-state index is 5.27. The van der Waals surface area contributed by atoms with E-state index in [-0.39, 0.29) is 0 Å². The number of anilines is 1. The van der Waals surface area contributed by atoms with Crippen molar-refractivity contribution in [3.05, 3.63) is 42.2 Å². The highest BCUT2D eigenvalue weighted by Gasteiger charge is 2.34. The quantitative estimate of drug-likeness (QED) is 0.850. The van der Waals surface area contributed by atoms with Gasteiger partial charge in [-0.1, -0.05) is 6.07 Å². The van der Waals surface area contributed by atoms with E-state index >= 15 is 0 Å².